The fourth-order valence-corrected chi connectivity index (χ4v) is 2.49. The van der Waals surface area contributed by atoms with Crippen LogP contribution >= 0.6 is 0 Å². The van der Waals surface area contributed by atoms with E-state index < -0.39 is 0 Å². The Morgan fingerprint density at radius 3 is 2.35 bits per heavy atom. The zero-order chi connectivity index (χ0) is 15.3. The van der Waals surface area contributed by atoms with Crippen molar-refractivity contribution in [3.63, 3.8) is 0 Å². The van der Waals surface area contributed by atoms with E-state index in [0.717, 1.165) is 24.6 Å². The number of furan rings is 1. The number of nitrogens with zero attached hydrogens (tertiary/aromatic N) is 1. The van der Waals surface area contributed by atoms with Crippen molar-refractivity contribution in [1.29, 1.82) is 0 Å². The van der Waals surface area contributed by atoms with Gasteiger partial charge in [0.15, 0.2) is 0 Å². The molecule has 1 N–H and O–H groups in total. The maximum Gasteiger partial charge on any atom is 0.118 e. The first-order valence-electron chi connectivity index (χ1n) is 7.80. The predicted molar refractivity (Wildman–Crippen MR) is 85.9 cm³/mol. The van der Waals surface area contributed by atoms with E-state index in [9.17, 15) is 0 Å². The van der Waals surface area contributed by atoms with E-state index in [1.807, 2.05) is 0 Å². The van der Waals surface area contributed by atoms with Crippen LogP contribution in [0.5, 0.6) is 0 Å². The van der Waals surface area contributed by atoms with E-state index >= 15 is 0 Å². The van der Waals surface area contributed by atoms with E-state index in [1.54, 1.807) is 0 Å². The van der Waals surface area contributed by atoms with Gasteiger partial charge in [0.05, 0.1) is 6.54 Å². The number of hydrogen-bond donors (Lipinski definition) is 1. The Labute approximate surface area is 124 Å². The first-order chi connectivity index (χ1) is 9.26. The van der Waals surface area contributed by atoms with Crippen molar-refractivity contribution in [1.82, 2.24) is 10.2 Å². The van der Waals surface area contributed by atoms with Gasteiger partial charge in [-0.2, -0.15) is 0 Å². The largest absolute Gasteiger partial charge is 0.465 e. The van der Waals surface area contributed by atoms with Gasteiger partial charge in [-0.25, -0.2) is 0 Å². The average Bonchev–Trinajstić information content (AvgIpc) is 2.67. The fraction of sp³-hybridized carbons (Fsp3) is 0.765. The van der Waals surface area contributed by atoms with Gasteiger partial charge < -0.3 is 9.73 Å². The van der Waals surface area contributed by atoms with Gasteiger partial charge in [0.1, 0.15) is 11.5 Å². The summed E-state index contributed by atoms with van der Waals surface area (Å²) in [6, 6.07) is 2.84. The zero-order valence-corrected chi connectivity index (χ0v) is 14.3. The molecule has 0 aromatic carbocycles. The quantitative estimate of drug-likeness (QED) is 0.815. The molecule has 0 amide bonds. The Morgan fingerprint density at radius 2 is 1.85 bits per heavy atom. The molecule has 3 nitrogen and oxygen atoms in total. The highest BCUT2D eigenvalue weighted by atomic mass is 16.3. The molecule has 0 radical (unpaired) electrons. The van der Waals surface area contributed by atoms with Crippen molar-refractivity contribution in [2.45, 2.75) is 79.1 Å². The molecule has 1 rings (SSSR count). The topological polar surface area (TPSA) is 28.4 Å². The van der Waals surface area contributed by atoms with Gasteiger partial charge in [0.2, 0.25) is 0 Å². The summed E-state index contributed by atoms with van der Waals surface area (Å²) in [6.07, 6.45) is 2.37. The van der Waals surface area contributed by atoms with Gasteiger partial charge >= 0.3 is 0 Å². The summed E-state index contributed by atoms with van der Waals surface area (Å²) in [4.78, 5) is 2.39. The monoisotopic (exact) mass is 280 g/mol. The van der Waals surface area contributed by atoms with Crippen molar-refractivity contribution in [3.05, 3.63) is 23.2 Å². The standard InChI is InChI=1S/C17H32N2O/c1-8-15(9-2)19(7)12-16-10-14(13(3)20-16)11-18-17(4,5)6/h10,15,18H,8-9,11-12H2,1-7H3. The van der Waals surface area contributed by atoms with Gasteiger partial charge in [-0.05, 0) is 53.7 Å². The van der Waals surface area contributed by atoms with Crippen molar-refractivity contribution >= 4 is 0 Å². The minimum atomic E-state index is 0.135. The Bertz CT molecular complexity index is 400. The second-order valence-corrected chi connectivity index (χ2v) is 6.78. The average molecular weight is 280 g/mol. The normalized spacial score (nSPS) is 12.7. The molecule has 116 valence electrons. The summed E-state index contributed by atoms with van der Waals surface area (Å²) in [5.41, 5.74) is 1.41. The summed E-state index contributed by atoms with van der Waals surface area (Å²) in [5.74, 6) is 2.11. The smallest absolute Gasteiger partial charge is 0.118 e. The van der Waals surface area contributed by atoms with Crippen LogP contribution in [0, 0.1) is 6.92 Å². The van der Waals surface area contributed by atoms with Gasteiger partial charge in [-0.15, -0.1) is 0 Å². The molecule has 20 heavy (non-hydrogen) atoms. The minimum absolute atomic E-state index is 0.135. The lowest BCUT2D eigenvalue weighted by Gasteiger charge is -2.24. The number of nitrogens with one attached hydrogen (secondary N) is 1. The van der Waals surface area contributed by atoms with Crippen LogP contribution in [0.25, 0.3) is 0 Å². The number of rotatable bonds is 7. The molecule has 0 unspecified atom stereocenters. The molecule has 1 aromatic heterocycles. The van der Waals surface area contributed by atoms with Crippen LogP contribution in [0.1, 0.15) is 64.5 Å². The first kappa shape index (κ1) is 17.3. The Hall–Kier alpha value is -0.800. The highest BCUT2D eigenvalue weighted by molar-refractivity contribution is 5.21. The van der Waals surface area contributed by atoms with Crippen LogP contribution in [0.4, 0.5) is 0 Å². The molecule has 0 saturated heterocycles. The maximum atomic E-state index is 5.91. The van der Waals surface area contributed by atoms with Crippen LogP contribution in [-0.2, 0) is 13.1 Å². The van der Waals surface area contributed by atoms with Crippen LogP contribution in [0.15, 0.2) is 10.5 Å². The summed E-state index contributed by atoms with van der Waals surface area (Å²) in [7, 11) is 2.18. The molecule has 0 aliphatic rings. The second kappa shape index (κ2) is 7.28. The molecule has 0 atom stereocenters. The molecule has 1 aromatic rings. The molecule has 0 saturated carbocycles. The lowest BCUT2D eigenvalue weighted by molar-refractivity contribution is 0.204. The second-order valence-electron chi connectivity index (χ2n) is 6.78. The van der Waals surface area contributed by atoms with Gasteiger partial charge in [-0.3, -0.25) is 4.90 Å². The van der Waals surface area contributed by atoms with E-state index in [4.69, 9.17) is 4.42 Å². The highest BCUT2D eigenvalue weighted by Crippen LogP contribution is 2.18. The van der Waals surface area contributed by atoms with Gasteiger partial charge in [0.25, 0.3) is 0 Å². The third-order valence-corrected chi connectivity index (χ3v) is 3.85. The van der Waals surface area contributed by atoms with E-state index in [-0.39, 0.29) is 5.54 Å². The van der Waals surface area contributed by atoms with E-state index in [1.165, 1.54) is 18.4 Å². The molecule has 0 aliphatic heterocycles. The van der Waals surface area contributed by atoms with Crippen LogP contribution < -0.4 is 5.32 Å². The molecule has 0 spiro atoms. The first-order valence-corrected chi connectivity index (χ1v) is 7.80. The molecule has 0 bridgehead atoms. The van der Waals surface area contributed by atoms with E-state index in [0.29, 0.717) is 6.04 Å². The third kappa shape index (κ3) is 5.29. The molecule has 1 heterocycles. The zero-order valence-electron chi connectivity index (χ0n) is 14.3. The van der Waals surface area contributed by atoms with Crippen LogP contribution in [0.2, 0.25) is 0 Å². The lowest BCUT2D eigenvalue weighted by atomic mass is 10.1. The van der Waals surface area contributed by atoms with Crippen molar-refractivity contribution in [3.8, 4) is 0 Å². The van der Waals surface area contributed by atoms with Crippen molar-refractivity contribution < 1.29 is 4.42 Å². The highest BCUT2D eigenvalue weighted by Gasteiger charge is 2.15. The number of aryl methyl sites for hydroxylation is 1. The van der Waals surface area contributed by atoms with Gasteiger partial charge in [-0.1, -0.05) is 13.8 Å². The molecular weight excluding hydrogens is 248 g/mol. The summed E-state index contributed by atoms with van der Waals surface area (Å²) >= 11 is 0. The predicted octanol–water partition coefficient (Wildman–Crippen LogP) is 4.10. The molecular formula is C17H32N2O. The van der Waals surface area contributed by atoms with E-state index in [2.05, 4.69) is 64.9 Å². The van der Waals surface area contributed by atoms with Gasteiger partial charge in [0, 0.05) is 23.7 Å². The molecule has 0 fully saturated rings. The maximum absolute atomic E-state index is 5.91. The SMILES string of the molecule is CCC(CC)N(C)Cc1cc(CNC(C)(C)C)c(C)o1. The van der Waals surface area contributed by atoms with Crippen LogP contribution in [0.3, 0.4) is 0 Å². The summed E-state index contributed by atoms with van der Waals surface area (Å²) < 4.78 is 5.91. The summed E-state index contributed by atoms with van der Waals surface area (Å²) in [5, 5.41) is 3.52. The Balaban J connectivity index is 2.65. The lowest BCUT2D eigenvalue weighted by Crippen LogP contribution is -2.35. The Kier molecular flexibility index (Phi) is 6.28. The van der Waals surface area contributed by atoms with Crippen molar-refractivity contribution in [2.75, 3.05) is 7.05 Å². The molecule has 3 heteroatoms. The Morgan fingerprint density at radius 1 is 1.25 bits per heavy atom. The number of hydrogen-bond acceptors (Lipinski definition) is 3. The van der Waals surface area contributed by atoms with Crippen molar-refractivity contribution in [2.24, 2.45) is 0 Å². The van der Waals surface area contributed by atoms with Crippen LogP contribution in [-0.4, -0.2) is 23.5 Å². The summed E-state index contributed by atoms with van der Waals surface area (Å²) in [6.45, 7) is 14.9. The molecule has 0 aliphatic carbocycles. The minimum Gasteiger partial charge on any atom is -0.465 e. The third-order valence-electron chi connectivity index (χ3n) is 3.85. The fourth-order valence-electron chi connectivity index (χ4n) is 2.49.